The fourth-order valence-electron chi connectivity index (χ4n) is 1.82. The molecule has 1 aromatic carbocycles. The van der Waals surface area contributed by atoms with Gasteiger partial charge in [-0.05, 0) is 38.0 Å². The molecule has 0 radical (unpaired) electrons. The molecular formula is C15H20ClNO3. The van der Waals surface area contributed by atoms with Crippen molar-refractivity contribution in [2.45, 2.75) is 33.2 Å². The molecule has 0 spiro atoms. The van der Waals surface area contributed by atoms with Crippen LogP contribution in [0.5, 0.6) is 0 Å². The quantitative estimate of drug-likeness (QED) is 0.848. The van der Waals surface area contributed by atoms with Crippen LogP contribution in [0.3, 0.4) is 0 Å². The zero-order valence-electron chi connectivity index (χ0n) is 11.9. The number of aliphatic carboxylic acids is 1. The Balaban J connectivity index is 2.57. The van der Waals surface area contributed by atoms with Gasteiger partial charge in [0.05, 0.1) is 5.92 Å². The number of amides is 1. The second-order valence-corrected chi connectivity index (χ2v) is 5.60. The van der Waals surface area contributed by atoms with Crippen LogP contribution in [0.15, 0.2) is 24.3 Å². The second kappa shape index (κ2) is 7.29. The highest BCUT2D eigenvalue weighted by Gasteiger charge is 2.23. The molecule has 110 valence electrons. The van der Waals surface area contributed by atoms with Crippen LogP contribution in [-0.2, 0) is 16.0 Å². The number of nitrogens with one attached hydrogen (secondary N) is 1. The summed E-state index contributed by atoms with van der Waals surface area (Å²) in [7, 11) is 0. The maximum atomic E-state index is 12.0. The largest absolute Gasteiger partial charge is 0.481 e. The van der Waals surface area contributed by atoms with Gasteiger partial charge in [-0.2, -0.15) is 0 Å². The first kappa shape index (κ1) is 16.5. The molecule has 0 aliphatic heterocycles. The molecule has 20 heavy (non-hydrogen) atoms. The summed E-state index contributed by atoms with van der Waals surface area (Å²) >= 11 is 5.90. The Morgan fingerprint density at radius 3 is 2.50 bits per heavy atom. The fraction of sp³-hybridized carbons (Fsp3) is 0.467. The van der Waals surface area contributed by atoms with E-state index in [1.54, 1.807) is 19.9 Å². The number of hydrogen-bond acceptors (Lipinski definition) is 2. The predicted molar refractivity (Wildman–Crippen MR) is 78.7 cm³/mol. The summed E-state index contributed by atoms with van der Waals surface area (Å²) in [6.07, 6.45) is 0.570. The van der Waals surface area contributed by atoms with Crippen molar-refractivity contribution in [1.29, 1.82) is 0 Å². The van der Waals surface area contributed by atoms with Gasteiger partial charge in [-0.15, -0.1) is 0 Å². The molecule has 0 aliphatic carbocycles. The molecule has 3 atom stereocenters. The van der Waals surface area contributed by atoms with Crippen LogP contribution in [-0.4, -0.2) is 23.0 Å². The number of halogens is 1. The minimum Gasteiger partial charge on any atom is -0.481 e. The Kier molecular flexibility index (Phi) is 6.02. The molecule has 2 N–H and O–H groups in total. The number of benzene rings is 1. The van der Waals surface area contributed by atoms with E-state index < -0.39 is 17.9 Å². The predicted octanol–water partition coefficient (Wildman–Crippen LogP) is 2.74. The Morgan fingerprint density at radius 2 is 1.95 bits per heavy atom. The van der Waals surface area contributed by atoms with E-state index in [0.717, 1.165) is 5.56 Å². The summed E-state index contributed by atoms with van der Waals surface area (Å²) in [5, 5.41) is 12.3. The Hall–Kier alpha value is -1.55. The molecule has 0 fully saturated rings. The van der Waals surface area contributed by atoms with E-state index in [-0.39, 0.29) is 11.8 Å². The van der Waals surface area contributed by atoms with Crippen LogP contribution in [0.4, 0.5) is 0 Å². The van der Waals surface area contributed by atoms with Gasteiger partial charge in [0.15, 0.2) is 0 Å². The van der Waals surface area contributed by atoms with E-state index in [1.807, 2.05) is 25.1 Å². The summed E-state index contributed by atoms with van der Waals surface area (Å²) in [5.41, 5.74) is 0.985. The van der Waals surface area contributed by atoms with E-state index in [0.29, 0.717) is 11.4 Å². The SMILES string of the molecule is CC(Cc1cccc(Cl)c1)C(=O)NC(C)C(C)C(=O)O. The highest BCUT2D eigenvalue weighted by atomic mass is 35.5. The third-order valence-electron chi connectivity index (χ3n) is 3.39. The van der Waals surface area contributed by atoms with Crippen molar-refractivity contribution in [2.24, 2.45) is 11.8 Å². The highest BCUT2D eigenvalue weighted by molar-refractivity contribution is 6.30. The Bertz CT molecular complexity index is 490. The van der Waals surface area contributed by atoms with Gasteiger partial charge in [0, 0.05) is 17.0 Å². The Labute approximate surface area is 124 Å². The molecular weight excluding hydrogens is 278 g/mol. The van der Waals surface area contributed by atoms with Crippen molar-refractivity contribution in [3.8, 4) is 0 Å². The summed E-state index contributed by atoms with van der Waals surface area (Å²) in [4.78, 5) is 22.9. The molecule has 0 bridgehead atoms. The summed E-state index contributed by atoms with van der Waals surface area (Å²) in [6, 6.07) is 6.97. The first-order valence-electron chi connectivity index (χ1n) is 6.59. The maximum absolute atomic E-state index is 12.0. The van der Waals surface area contributed by atoms with Crippen molar-refractivity contribution in [3.05, 3.63) is 34.9 Å². The normalized spacial score (nSPS) is 15.2. The van der Waals surface area contributed by atoms with Crippen molar-refractivity contribution in [1.82, 2.24) is 5.32 Å². The minimum absolute atomic E-state index is 0.148. The van der Waals surface area contributed by atoms with Gasteiger partial charge in [0.2, 0.25) is 5.91 Å². The van der Waals surface area contributed by atoms with Gasteiger partial charge >= 0.3 is 5.97 Å². The summed E-state index contributed by atoms with van der Waals surface area (Å²) < 4.78 is 0. The fourth-order valence-corrected chi connectivity index (χ4v) is 2.03. The van der Waals surface area contributed by atoms with E-state index in [4.69, 9.17) is 16.7 Å². The van der Waals surface area contributed by atoms with E-state index in [1.165, 1.54) is 0 Å². The second-order valence-electron chi connectivity index (χ2n) is 5.16. The molecule has 0 aliphatic rings. The van der Waals surface area contributed by atoms with Crippen LogP contribution in [0, 0.1) is 11.8 Å². The Morgan fingerprint density at radius 1 is 1.30 bits per heavy atom. The zero-order valence-corrected chi connectivity index (χ0v) is 12.6. The van der Waals surface area contributed by atoms with Crippen molar-refractivity contribution >= 4 is 23.5 Å². The molecule has 0 saturated carbocycles. The lowest BCUT2D eigenvalue weighted by Crippen LogP contribution is -2.42. The molecule has 0 heterocycles. The lowest BCUT2D eigenvalue weighted by atomic mass is 9.98. The molecule has 4 nitrogen and oxygen atoms in total. The van der Waals surface area contributed by atoms with Gasteiger partial charge in [0.1, 0.15) is 0 Å². The molecule has 1 amide bonds. The number of rotatable bonds is 6. The van der Waals surface area contributed by atoms with Crippen LogP contribution < -0.4 is 5.32 Å². The number of carbonyl (C=O) groups is 2. The van der Waals surface area contributed by atoms with Crippen LogP contribution in [0.2, 0.25) is 5.02 Å². The zero-order chi connectivity index (χ0) is 15.3. The van der Waals surface area contributed by atoms with Gasteiger partial charge in [-0.3, -0.25) is 9.59 Å². The maximum Gasteiger partial charge on any atom is 0.308 e. The average Bonchev–Trinajstić information content (AvgIpc) is 2.37. The van der Waals surface area contributed by atoms with Gasteiger partial charge in [-0.1, -0.05) is 30.7 Å². The lowest BCUT2D eigenvalue weighted by molar-refractivity contribution is -0.142. The van der Waals surface area contributed by atoms with E-state index in [9.17, 15) is 9.59 Å². The summed E-state index contributed by atoms with van der Waals surface area (Å²) in [5.74, 6) is -1.92. The molecule has 0 saturated heterocycles. The van der Waals surface area contributed by atoms with Gasteiger partial charge < -0.3 is 10.4 Å². The van der Waals surface area contributed by atoms with Crippen molar-refractivity contribution in [2.75, 3.05) is 0 Å². The molecule has 1 aromatic rings. The standard InChI is InChI=1S/C15H20ClNO3/c1-9(7-12-5-4-6-13(16)8-12)14(18)17-11(3)10(2)15(19)20/h4-6,8-11H,7H2,1-3H3,(H,17,18)(H,19,20). The molecule has 5 heteroatoms. The van der Waals surface area contributed by atoms with Crippen LogP contribution in [0.1, 0.15) is 26.3 Å². The molecule has 0 aromatic heterocycles. The smallest absolute Gasteiger partial charge is 0.308 e. The van der Waals surface area contributed by atoms with Gasteiger partial charge in [0.25, 0.3) is 0 Å². The van der Waals surface area contributed by atoms with E-state index in [2.05, 4.69) is 5.32 Å². The first-order valence-corrected chi connectivity index (χ1v) is 6.96. The highest BCUT2D eigenvalue weighted by Crippen LogP contribution is 2.15. The number of hydrogen-bond donors (Lipinski definition) is 2. The molecule has 1 rings (SSSR count). The average molecular weight is 298 g/mol. The lowest BCUT2D eigenvalue weighted by Gasteiger charge is -2.20. The first-order chi connectivity index (χ1) is 9.31. The number of carboxylic acid groups (broad SMARTS) is 1. The third-order valence-corrected chi connectivity index (χ3v) is 3.62. The monoisotopic (exact) mass is 297 g/mol. The van der Waals surface area contributed by atoms with Gasteiger partial charge in [-0.25, -0.2) is 0 Å². The molecule has 3 unspecified atom stereocenters. The van der Waals surface area contributed by atoms with Crippen molar-refractivity contribution < 1.29 is 14.7 Å². The number of carbonyl (C=O) groups excluding carboxylic acids is 1. The number of carboxylic acids is 1. The van der Waals surface area contributed by atoms with Crippen molar-refractivity contribution in [3.63, 3.8) is 0 Å². The minimum atomic E-state index is -0.916. The van der Waals surface area contributed by atoms with Crippen LogP contribution in [0.25, 0.3) is 0 Å². The third kappa shape index (κ3) is 4.85. The summed E-state index contributed by atoms with van der Waals surface area (Å²) in [6.45, 7) is 5.09. The van der Waals surface area contributed by atoms with E-state index >= 15 is 0 Å². The van der Waals surface area contributed by atoms with Crippen LogP contribution >= 0.6 is 11.6 Å². The topological polar surface area (TPSA) is 66.4 Å².